The highest BCUT2D eigenvalue weighted by molar-refractivity contribution is 5.97. The van der Waals surface area contributed by atoms with Crippen LogP contribution in [0.1, 0.15) is 23.0 Å². The molecule has 0 aliphatic carbocycles. The molecule has 96 valence electrons. The molecule has 3 N–H and O–H groups in total. The quantitative estimate of drug-likeness (QED) is 0.741. The number of aromatic nitrogens is 1. The predicted octanol–water partition coefficient (Wildman–Crippen LogP) is 0.130. The van der Waals surface area contributed by atoms with Crippen LogP contribution in [0.25, 0.3) is 0 Å². The van der Waals surface area contributed by atoms with E-state index >= 15 is 0 Å². The van der Waals surface area contributed by atoms with E-state index in [9.17, 15) is 14.4 Å². The van der Waals surface area contributed by atoms with Crippen molar-refractivity contribution in [1.82, 2.24) is 10.3 Å². The van der Waals surface area contributed by atoms with Crippen LogP contribution in [0.2, 0.25) is 0 Å². The van der Waals surface area contributed by atoms with Crippen molar-refractivity contribution in [2.75, 3.05) is 0 Å². The van der Waals surface area contributed by atoms with E-state index in [1.165, 1.54) is 19.2 Å². The Labute approximate surface area is 103 Å². The highest BCUT2D eigenvalue weighted by Crippen LogP contribution is 2.04. The fraction of sp³-hybridized carbons (Fsp3) is 0.273. The molecule has 0 spiro atoms. The minimum atomic E-state index is -1.12. The van der Waals surface area contributed by atoms with Crippen LogP contribution in [-0.4, -0.2) is 29.0 Å². The molecule has 3 amide bonds. The van der Waals surface area contributed by atoms with Crippen molar-refractivity contribution in [1.29, 1.82) is 0 Å². The van der Waals surface area contributed by atoms with Gasteiger partial charge in [0.2, 0.25) is 0 Å². The van der Waals surface area contributed by atoms with Crippen molar-refractivity contribution < 1.29 is 19.1 Å². The number of nitrogens with two attached hydrogens (primary N) is 1. The Bertz CT molecular complexity index is 470. The van der Waals surface area contributed by atoms with Gasteiger partial charge in [-0.2, -0.15) is 0 Å². The third-order valence-corrected chi connectivity index (χ3v) is 2.05. The molecule has 0 radical (unpaired) electrons. The second-order valence-corrected chi connectivity index (χ2v) is 3.59. The van der Waals surface area contributed by atoms with E-state index in [1.54, 1.807) is 13.0 Å². The van der Waals surface area contributed by atoms with E-state index in [1.807, 2.05) is 5.32 Å². The van der Waals surface area contributed by atoms with Crippen LogP contribution in [0.5, 0.6) is 0 Å². The zero-order valence-corrected chi connectivity index (χ0v) is 9.97. The molecule has 1 heterocycles. The maximum atomic E-state index is 11.6. The topological polar surface area (TPSA) is 111 Å². The number of carbonyl (C=O) groups excluding carboxylic acids is 3. The number of aryl methyl sites for hydroxylation is 1. The second kappa shape index (κ2) is 5.76. The molecule has 1 aromatic heterocycles. The molecule has 0 aliphatic rings. The van der Waals surface area contributed by atoms with Gasteiger partial charge in [0.1, 0.15) is 0 Å². The summed E-state index contributed by atoms with van der Waals surface area (Å²) in [5.74, 6) is -1.48. The molecule has 7 nitrogen and oxygen atoms in total. The Morgan fingerprint density at radius 3 is 2.56 bits per heavy atom. The van der Waals surface area contributed by atoms with E-state index in [4.69, 9.17) is 10.5 Å². The van der Waals surface area contributed by atoms with Crippen molar-refractivity contribution in [3.8, 4) is 0 Å². The first-order valence-corrected chi connectivity index (χ1v) is 5.14. The molecule has 0 saturated carbocycles. The normalized spacial score (nSPS) is 11.4. The summed E-state index contributed by atoms with van der Waals surface area (Å²) in [6, 6.07) is 2.17. The number of amides is 3. The summed E-state index contributed by atoms with van der Waals surface area (Å²) in [7, 11) is 0. The zero-order chi connectivity index (χ0) is 13.7. The van der Waals surface area contributed by atoms with E-state index in [0.717, 1.165) is 5.69 Å². The van der Waals surface area contributed by atoms with Gasteiger partial charge in [-0.05, 0) is 26.0 Å². The van der Waals surface area contributed by atoms with Gasteiger partial charge in [0, 0.05) is 11.9 Å². The minimum Gasteiger partial charge on any atom is -0.449 e. The number of rotatable bonds is 3. The molecule has 0 bridgehead atoms. The van der Waals surface area contributed by atoms with E-state index in [-0.39, 0.29) is 5.56 Å². The molecule has 1 atom stereocenters. The van der Waals surface area contributed by atoms with E-state index in [0.29, 0.717) is 0 Å². The minimum absolute atomic E-state index is 0.222. The van der Waals surface area contributed by atoms with Gasteiger partial charge in [-0.15, -0.1) is 0 Å². The summed E-state index contributed by atoms with van der Waals surface area (Å²) in [6.45, 7) is 3.11. The Kier molecular flexibility index (Phi) is 4.36. The fourth-order valence-corrected chi connectivity index (χ4v) is 1.09. The van der Waals surface area contributed by atoms with Crippen LogP contribution in [0.3, 0.4) is 0 Å². The van der Waals surface area contributed by atoms with Gasteiger partial charge in [-0.1, -0.05) is 0 Å². The highest BCUT2D eigenvalue weighted by atomic mass is 16.5. The summed E-state index contributed by atoms with van der Waals surface area (Å²) in [5, 5.41) is 1.82. The number of carbonyl (C=O) groups is 3. The third-order valence-electron chi connectivity index (χ3n) is 2.05. The van der Waals surface area contributed by atoms with Crippen molar-refractivity contribution in [3.63, 3.8) is 0 Å². The molecule has 7 heteroatoms. The molecule has 1 aromatic rings. The molecule has 18 heavy (non-hydrogen) atoms. The van der Waals surface area contributed by atoms with Gasteiger partial charge in [-0.25, -0.2) is 9.59 Å². The third kappa shape index (κ3) is 3.85. The predicted molar refractivity (Wildman–Crippen MR) is 61.6 cm³/mol. The number of esters is 1. The number of hydrogen-bond donors (Lipinski definition) is 2. The maximum Gasteiger partial charge on any atom is 0.340 e. The molecule has 1 unspecified atom stereocenters. The molecular weight excluding hydrogens is 238 g/mol. The highest BCUT2D eigenvalue weighted by Gasteiger charge is 2.19. The second-order valence-electron chi connectivity index (χ2n) is 3.59. The standard InChI is InChI=1S/C11H13N3O4/c1-6-3-4-8(5-13-6)10(16)18-7(2)9(15)14-11(12)17/h3-5,7H,1-2H3,(H3,12,14,15,17). The van der Waals surface area contributed by atoms with E-state index < -0.39 is 24.0 Å². The molecule has 0 aliphatic heterocycles. The van der Waals surface area contributed by atoms with Gasteiger partial charge >= 0.3 is 12.0 Å². The van der Waals surface area contributed by atoms with E-state index in [2.05, 4.69) is 4.98 Å². The number of imide groups is 1. The summed E-state index contributed by atoms with van der Waals surface area (Å²) < 4.78 is 4.84. The van der Waals surface area contributed by atoms with Crippen LogP contribution in [0.15, 0.2) is 18.3 Å². The van der Waals surface area contributed by atoms with Crippen molar-refractivity contribution in [3.05, 3.63) is 29.6 Å². The smallest absolute Gasteiger partial charge is 0.340 e. The molecule has 1 rings (SSSR count). The monoisotopic (exact) mass is 251 g/mol. The van der Waals surface area contributed by atoms with Crippen molar-refractivity contribution >= 4 is 17.9 Å². The first-order valence-electron chi connectivity index (χ1n) is 5.14. The SMILES string of the molecule is Cc1ccc(C(=O)OC(C)C(=O)NC(N)=O)cn1. The number of pyridine rings is 1. The fourth-order valence-electron chi connectivity index (χ4n) is 1.09. The lowest BCUT2D eigenvalue weighted by atomic mass is 10.2. The Hall–Kier alpha value is -2.44. The number of ether oxygens (including phenoxy) is 1. The van der Waals surface area contributed by atoms with Gasteiger partial charge < -0.3 is 10.5 Å². The average Bonchev–Trinajstić information content (AvgIpc) is 2.28. The van der Waals surface area contributed by atoms with Crippen molar-refractivity contribution in [2.45, 2.75) is 20.0 Å². The Morgan fingerprint density at radius 2 is 2.06 bits per heavy atom. The Balaban J connectivity index is 2.62. The largest absolute Gasteiger partial charge is 0.449 e. The summed E-state index contributed by atoms with van der Waals surface area (Å²) in [6.07, 6.45) is 0.224. The zero-order valence-electron chi connectivity index (χ0n) is 9.97. The summed E-state index contributed by atoms with van der Waals surface area (Å²) in [4.78, 5) is 37.2. The van der Waals surface area contributed by atoms with Gasteiger partial charge in [0.05, 0.1) is 5.56 Å². The molecule has 0 fully saturated rings. The summed E-state index contributed by atoms with van der Waals surface area (Å²) >= 11 is 0. The lowest BCUT2D eigenvalue weighted by molar-refractivity contribution is -0.127. The first-order chi connectivity index (χ1) is 8.40. The lowest BCUT2D eigenvalue weighted by Gasteiger charge is -2.11. The first kappa shape index (κ1) is 13.6. The number of hydrogen-bond acceptors (Lipinski definition) is 5. The van der Waals surface area contributed by atoms with Gasteiger partial charge in [0.25, 0.3) is 5.91 Å². The molecule has 0 saturated heterocycles. The lowest BCUT2D eigenvalue weighted by Crippen LogP contribution is -2.42. The van der Waals surface area contributed by atoms with Gasteiger partial charge in [-0.3, -0.25) is 15.1 Å². The average molecular weight is 251 g/mol. The Morgan fingerprint density at radius 1 is 1.39 bits per heavy atom. The van der Waals surface area contributed by atoms with Crippen LogP contribution >= 0.6 is 0 Å². The summed E-state index contributed by atoms with van der Waals surface area (Å²) in [5.41, 5.74) is 5.75. The number of nitrogens with one attached hydrogen (secondary N) is 1. The molecular formula is C11H13N3O4. The van der Waals surface area contributed by atoms with Crippen LogP contribution in [0, 0.1) is 6.92 Å². The number of nitrogens with zero attached hydrogens (tertiary/aromatic N) is 1. The van der Waals surface area contributed by atoms with Gasteiger partial charge in [0.15, 0.2) is 6.10 Å². The maximum absolute atomic E-state index is 11.6. The number of urea groups is 1. The van der Waals surface area contributed by atoms with Crippen molar-refractivity contribution in [2.24, 2.45) is 5.73 Å². The van der Waals surface area contributed by atoms with Crippen LogP contribution < -0.4 is 11.1 Å². The molecule has 0 aromatic carbocycles. The number of primary amides is 1. The van der Waals surface area contributed by atoms with Crippen LogP contribution in [-0.2, 0) is 9.53 Å². The van der Waals surface area contributed by atoms with Crippen LogP contribution in [0.4, 0.5) is 4.79 Å².